The molecule has 0 radical (unpaired) electrons. The fraction of sp³-hybridized carbons (Fsp3) is 0.325. The number of nitrogens with zero attached hydrogens (tertiary/aromatic N) is 2. The first-order chi connectivity index (χ1) is 23.6. The molecule has 2 aliphatic heterocycles. The first kappa shape index (κ1) is 33.6. The van der Waals surface area contributed by atoms with Crippen molar-refractivity contribution in [3.05, 3.63) is 144 Å². The van der Waals surface area contributed by atoms with Crippen LogP contribution in [0.2, 0.25) is 0 Å². The van der Waals surface area contributed by atoms with E-state index < -0.39 is 12.4 Å². The Balaban J connectivity index is 1.11. The van der Waals surface area contributed by atoms with Crippen molar-refractivity contribution in [2.24, 2.45) is 0 Å². The zero-order chi connectivity index (χ0) is 33.1. The molecule has 4 aromatic carbocycles. The number of piperazine rings is 1. The summed E-state index contributed by atoms with van der Waals surface area (Å²) in [5.74, 6) is 0. The third kappa shape index (κ3) is 9.18. The van der Waals surface area contributed by atoms with Crippen molar-refractivity contribution in [2.45, 2.75) is 44.6 Å². The van der Waals surface area contributed by atoms with Crippen molar-refractivity contribution in [1.29, 1.82) is 0 Å². The minimum absolute atomic E-state index is 0.00831. The molecule has 2 aliphatic rings. The highest BCUT2D eigenvalue weighted by molar-refractivity contribution is 5.68. The predicted molar refractivity (Wildman–Crippen MR) is 187 cm³/mol. The summed E-state index contributed by atoms with van der Waals surface area (Å²) in [6, 6.07) is 35.2. The molecule has 0 aromatic heterocycles. The van der Waals surface area contributed by atoms with E-state index in [2.05, 4.69) is 101 Å². The summed E-state index contributed by atoms with van der Waals surface area (Å²) in [5, 5.41) is 12.3. The van der Waals surface area contributed by atoms with Crippen LogP contribution in [0.1, 0.15) is 46.6 Å². The van der Waals surface area contributed by atoms with Crippen LogP contribution in [0.3, 0.4) is 0 Å². The van der Waals surface area contributed by atoms with Gasteiger partial charge in [0.1, 0.15) is 6.61 Å². The predicted octanol–water partition coefficient (Wildman–Crippen LogP) is 6.62. The average molecular weight is 648 g/mol. The Labute approximate surface area is 283 Å². The molecule has 250 valence electrons. The molecule has 8 nitrogen and oxygen atoms in total. The van der Waals surface area contributed by atoms with Crippen LogP contribution in [0.5, 0.6) is 0 Å². The van der Waals surface area contributed by atoms with Gasteiger partial charge in [-0.25, -0.2) is 4.79 Å². The standard InChI is InChI=1S/C40H45N3O5/c1-2-23-46-40(45)41-26-32-9-6-10-36(24-32)33-15-17-35(18-16-33)39-47-37(25-38(48-39)34-13-11-31(29-44)12-14-34)28-43-21-19-42(20-22-43)27-30-7-4-3-5-8-30/h2-18,24,37-39,44H,1,19-23,25-29H2,(H,41,45). The van der Waals surface area contributed by atoms with Crippen LogP contribution >= 0.6 is 0 Å². The van der Waals surface area contributed by atoms with Crippen LogP contribution in [0.4, 0.5) is 4.79 Å². The van der Waals surface area contributed by atoms with Gasteiger partial charge in [0.2, 0.25) is 0 Å². The molecule has 48 heavy (non-hydrogen) atoms. The first-order valence-electron chi connectivity index (χ1n) is 16.8. The van der Waals surface area contributed by atoms with Crippen LogP contribution in [-0.2, 0) is 33.9 Å². The molecule has 4 aromatic rings. The van der Waals surface area contributed by atoms with Crippen LogP contribution in [0.15, 0.2) is 116 Å². The quantitative estimate of drug-likeness (QED) is 0.167. The number of hydrogen-bond donors (Lipinski definition) is 2. The highest BCUT2D eigenvalue weighted by Crippen LogP contribution is 2.38. The average Bonchev–Trinajstić information content (AvgIpc) is 3.14. The third-order valence-corrected chi connectivity index (χ3v) is 9.00. The molecule has 2 N–H and O–H groups in total. The maximum atomic E-state index is 11.9. The van der Waals surface area contributed by atoms with Gasteiger partial charge in [0.05, 0.1) is 18.8 Å². The molecule has 2 fully saturated rings. The Hall–Kier alpha value is -4.31. The number of aliphatic hydroxyl groups is 1. The molecule has 0 saturated carbocycles. The lowest BCUT2D eigenvalue weighted by atomic mass is 9.98. The zero-order valence-electron chi connectivity index (χ0n) is 27.4. The largest absolute Gasteiger partial charge is 0.445 e. The fourth-order valence-corrected chi connectivity index (χ4v) is 6.35. The van der Waals surface area contributed by atoms with Gasteiger partial charge in [-0.1, -0.05) is 110 Å². The van der Waals surface area contributed by atoms with Gasteiger partial charge in [0.25, 0.3) is 0 Å². The molecule has 6 rings (SSSR count). The van der Waals surface area contributed by atoms with Gasteiger partial charge in [0, 0.05) is 57.8 Å². The Kier molecular flexibility index (Phi) is 11.7. The lowest BCUT2D eigenvalue weighted by Crippen LogP contribution is -2.49. The minimum Gasteiger partial charge on any atom is -0.445 e. The maximum absolute atomic E-state index is 11.9. The summed E-state index contributed by atoms with van der Waals surface area (Å²) in [7, 11) is 0. The van der Waals surface area contributed by atoms with E-state index in [1.54, 1.807) is 0 Å². The van der Waals surface area contributed by atoms with Gasteiger partial charge >= 0.3 is 6.09 Å². The van der Waals surface area contributed by atoms with Crippen LogP contribution in [0.25, 0.3) is 11.1 Å². The van der Waals surface area contributed by atoms with Gasteiger partial charge in [-0.3, -0.25) is 9.80 Å². The first-order valence-corrected chi connectivity index (χ1v) is 16.8. The second kappa shape index (κ2) is 16.7. The van der Waals surface area contributed by atoms with E-state index in [0.717, 1.165) is 79.1 Å². The van der Waals surface area contributed by atoms with Crippen LogP contribution < -0.4 is 5.32 Å². The van der Waals surface area contributed by atoms with Crippen molar-refractivity contribution in [3.8, 4) is 11.1 Å². The van der Waals surface area contributed by atoms with Crippen molar-refractivity contribution < 1.29 is 24.1 Å². The highest BCUT2D eigenvalue weighted by atomic mass is 16.7. The molecule has 0 aliphatic carbocycles. The molecule has 3 atom stereocenters. The van der Waals surface area contributed by atoms with Crippen molar-refractivity contribution in [3.63, 3.8) is 0 Å². The van der Waals surface area contributed by atoms with Crippen LogP contribution in [0, 0.1) is 0 Å². The zero-order valence-corrected chi connectivity index (χ0v) is 27.4. The topological polar surface area (TPSA) is 83.5 Å². The minimum atomic E-state index is -0.503. The Morgan fingerprint density at radius 2 is 1.52 bits per heavy atom. The number of carbonyl (C=O) groups excluding carboxylic acids is 1. The second-order valence-corrected chi connectivity index (χ2v) is 12.5. The Morgan fingerprint density at radius 1 is 0.812 bits per heavy atom. The van der Waals surface area contributed by atoms with Crippen molar-refractivity contribution in [1.82, 2.24) is 15.1 Å². The lowest BCUT2D eigenvalue weighted by Gasteiger charge is -2.40. The van der Waals surface area contributed by atoms with E-state index in [-0.39, 0.29) is 25.4 Å². The summed E-state index contributed by atoms with van der Waals surface area (Å²) in [5.41, 5.74) is 7.39. The number of rotatable bonds is 12. The van der Waals surface area contributed by atoms with E-state index in [9.17, 15) is 9.90 Å². The van der Waals surface area contributed by atoms with E-state index >= 15 is 0 Å². The number of nitrogens with one attached hydrogen (secondary N) is 1. The smallest absolute Gasteiger partial charge is 0.407 e. The number of carbonyl (C=O) groups is 1. The third-order valence-electron chi connectivity index (χ3n) is 9.00. The molecule has 0 spiro atoms. The molecule has 8 heteroatoms. The molecule has 3 unspecified atom stereocenters. The number of aliphatic hydroxyl groups excluding tert-OH is 1. The number of ether oxygens (including phenoxy) is 3. The number of hydrogen-bond acceptors (Lipinski definition) is 7. The van der Waals surface area contributed by atoms with Gasteiger partial charge < -0.3 is 24.6 Å². The van der Waals surface area contributed by atoms with Crippen LogP contribution in [-0.4, -0.2) is 66.4 Å². The van der Waals surface area contributed by atoms with E-state index in [0.29, 0.717) is 6.54 Å². The molecular formula is C40H45N3O5. The van der Waals surface area contributed by atoms with Crippen molar-refractivity contribution in [2.75, 3.05) is 39.3 Å². The van der Waals surface area contributed by atoms with E-state index in [1.807, 2.05) is 24.3 Å². The molecule has 2 saturated heterocycles. The Bertz CT molecular complexity index is 1600. The lowest BCUT2D eigenvalue weighted by molar-refractivity contribution is -0.253. The second-order valence-electron chi connectivity index (χ2n) is 12.5. The summed E-state index contributed by atoms with van der Waals surface area (Å²) in [6.45, 7) is 10.0. The molecule has 1 amide bonds. The summed E-state index contributed by atoms with van der Waals surface area (Å²) in [4.78, 5) is 16.9. The van der Waals surface area contributed by atoms with Gasteiger partial charge in [-0.05, 0) is 39.4 Å². The molecule has 2 heterocycles. The van der Waals surface area contributed by atoms with E-state index in [4.69, 9.17) is 14.2 Å². The van der Waals surface area contributed by atoms with Gasteiger partial charge in [-0.15, -0.1) is 0 Å². The Morgan fingerprint density at radius 3 is 2.25 bits per heavy atom. The fourth-order valence-electron chi connectivity index (χ4n) is 6.35. The monoisotopic (exact) mass is 647 g/mol. The highest BCUT2D eigenvalue weighted by Gasteiger charge is 2.33. The number of amides is 1. The summed E-state index contributed by atoms with van der Waals surface area (Å²) < 4.78 is 18.3. The normalized spacial score (nSPS) is 20.2. The molecular weight excluding hydrogens is 602 g/mol. The number of benzene rings is 4. The van der Waals surface area contributed by atoms with Crippen molar-refractivity contribution >= 4 is 6.09 Å². The van der Waals surface area contributed by atoms with Gasteiger partial charge in [-0.2, -0.15) is 0 Å². The van der Waals surface area contributed by atoms with Gasteiger partial charge in [0.15, 0.2) is 6.29 Å². The summed E-state index contributed by atoms with van der Waals surface area (Å²) >= 11 is 0. The number of alkyl carbamates (subject to hydrolysis) is 1. The molecule has 0 bridgehead atoms. The SMILES string of the molecule is C=CCOC(=O)NCc1cccc(-c2ccc(C3OC(CN4CCN(Cc5ccccc5)CC4)CC(c4ccc(CO)cc4)O3)cc2)c1. The van der Waals surface area contributed by atoms with E-state index in [1.165, 1.54) is 11.6 Å². The maximum Gasteiger partial charge on any atom is 0.407 e. The summed E-state index contributed by atoms with van der Waals surface area (Å²) in [6.07, 6.45) is 1.22.